The first kappa shape index (κ1) is 18.9. The average Bonchev–Trinajstić information content (AvgIpc) is 3.11. The fourth-order valence-electron chi connectivity index (χ4n) is 3.70. The SMILES string of the molecule is COc1c(OC2CCNCC2)ncnc1N1CCc2cc(S(C)(=O)=O)ccc21. The van der Waals surface area contributed by atoms with Gasteiger partial charge in [-0.15, -0.1) is 0 Å². The monoisotopic (exact) mass is 404 g/mol. The van der Waals surface area contributed by atoms with Crippen molar-refractivity contribution >= 4 is 21.3 Å². The fraction of sp³-hybridized carbons (Fsp3) is 0.474. The smallest absolute Gasteiger partial charge is 0.262 e. The van der Waals surface area contributed by atoms with Crippen LogP contribution in [-0.2, 0) is 16.3 Å². The molecule has 8 nitrogen and oxygen atoms in total. The van der Waals surface area contributed by atoms with Gasteiger partial charge in [0.1, 0.15) is 12.4 Å². The first-order chi connectivity index (χ1) is 13.5. The molecule has 2 aliphatic heterocycles. The third-order valence-corrected chi connectivity index (χ3v) is 6.26. The summed E-state index contributed by atoms with van der Waals surface area (Å²) >= 11 is 0. The van der Waals surface area contributed by atoms with Crippen LogP contribution >= 0.6 is 0 Å². The van der Waals surface area contributed by atoms with Gasteiger partial charge >= 0.3 is 0 Å². The molecule has 0 atom stereocenters. The van der Waals surface area contributed by atoms with Gasteiger partial charge in [0.05, 0.1) is 12.0 Å². The molecule has 4 rings (SSSR count). The summed E-state index contributed by atoms with van der Waals surface area (Å²) in [6.45, 7) is 2.53. The number of hydrogen-bond acceptors (Lipinski definition) is 8. The molecule has 3 heterocycles. The first-order valence-electron chi connectivity index (χ1n) is 9.34. The third kappa shape index (κ3) is 3.64. The lowest BCUT2D eigenvalue weighted by molar-refractivity contribution is 0.149. The van der Waals surface area contributed by atoms with Crippen LogP contribution in [0.25, 0.3) is 0 Å². The Morgan fingerprint density at radius 2 is 2.00 bits per heavy atom. The number of piperidine rings is 1. The molecule has 0 unspecified atom stereocenters. The molecule has 1 saturated heterocycles. The van der Waals surface area contributed by atoms with Crippen molar-refractivity contribution < 1.29 is 17.9 Å². The molecular formula is C19H24N4O4S. The van der Waals surface area contributed by atoms with Gasteiger partial charge in [-0.25, -0.2) is 13.4 Å². The highest BCUT2D eigenvalue weighted by Gasteiger charge is 2.28. The van der Waals surface area contributed by atoms with Gasteiger partial charge in [-0.1, -0.05) is 0 Å². The van der Waals surface area contributed by atoms with Crippen LogP contribution in [0.4, 0.5) is 11.5 Å². The molecule has 0 bridgehead atoms. The van der Waals surface area contributed by atoms with E-state index >= 15 is 0 Å². The van der Waals surface area contributed by atoms with Crippen molar-refractivity contribution in [3.63, 3.8) is 0 Å². The molecule has 2 aromatic rings. The van der Waals surface area contributed by atoms with E-state index in [0.29, 0.717) is 28.9 Å². The molecule has 1 fully saturated rings. The lowest BCUT2D eigenvalue weighted by atomic mass is 10.1. The molecule has 150 valence electrons. The quantitative estimate of drug-likeness (QED) is 0.805. The maximum absolute atomic E-state index is 11.8. The summed E-state index contributed by atoms with van der Waals surface area (Å²) in [5, 5.41) is 3.32. The molecule has 0 amide bonds. The predicted molar refractivity (Wildman–Crippen MR) is 105 cm³/mol. The number of aromatic nitrogens is 2. The van der Waals surface area contributed by atoms with E-state index in [1.165, 1.54) is 12.6 Å². The van der Waals surface area contributed by atoms with Gasteiger partial charge in [0, 0.05) is 18.5 Å². The number of rotatable bonds is 5. The van der Waals surface area contributed by atoms with Gasteiger partial charge in [0.15, 0.2) is 15.7 Å². The fourth-order valence-corrected chi connectivity index (χ4v) is 4.38. The Balaban J connectivity index is 1.66. The van der Waals surface area contributed by atoms with E-state index in [1.807, 2.05) is 11.0 Å². The van der Waals surface area contributed by atoms with Gasteiger partial charge in [-0.2, -0.15) is 4.98 Å². The lowest BCUT2D eigenvalue weighted by Crippen LogP contribution is -2.34. The summed E-state index contributed by atoms with van der Waals surface area (Å²) in [6, 6.07) is 5.20. The molecule has 0 saturated carbocycles. The second kappa shape index (κ2) is 7.56. The number of hydrogen-bond donors (Lipinski definition) is 1. The number of nitrogens with zero attached hydrogens (tertiary/aromatic N) is 3. The largest absolute Gasteiger partial charge is 0.489 e. The van der Waals surface area contributed by atoms with Crippen molar-refractivity contribution in [3.05, 3.63) is 30.1 Å². The summed E-state index contributed by atoms with van der Waals surface area (Å²) in [4.78, 5) is 11.1. The molecule has 1 aromatic carbocycles. The molecule has 9 heteroatoms. The maximum Gasteiger partial charge on any atom is 0.262 e. The van der Waals surface area contributed by atoms with Crippen molar-refractivity contribution in [2.24, 2.45) is 0 Å². The first-order valence-corrected chi connectivity index (χ1v) is 11.2. The van der Waals surface area contributed by atoms with E-state index < -0.39 is 9.84 Å². The molecule has 28 heavy (non-hydrogen) atoms. The summed E-state index contributed by atoms with van der Waals surface area (Å²) < 4.78 is 35.4. The average molecular weight is 404 g/mol. The number of ether oxygens (including phenoxy) is 2. The predicted octanol–water partition coefficient (Wildman–Crippen LogP) is 1.71. The van der Waals surface area contributed by atoms with Crippen LogP contribution in [0.5, 0.6) is 11.6 Å². The molecule has 0 aliphatic carbocycles. The highest BCUT2D eigenvalue weighted by Crippen LogP contribution is 2.42. The summed E-state index contributed by atoms with van der Waals surface area (Å²) in [6.07, 6.45) is 5.38. The minimum atomic E-state index is -3.24. The minimum absolute atomic E-state index is 0.0982. The van der Waals surface area contributed by atoms with Crippen molar-refractivity contribution in [1.82, 2.24) is 15.3 Å². The maximum atomic E-state index is 11.8. The normalized spacial score (nSPS) is 17.4. The Morgan fingerprint density at radius 1 is 1.21 bits per heavy atom. The minimum Gasteiger partial charge on any atom is -0.489 e. The molecule has 1 N–H and O–H groups in total. The third-order valence-electron chi connectivity index (χ3n) is 5.15. The van der Waals surface area contributed by atoms with Crippen molar-refractivity contribution in [3.8, 4) is 11.6 Å². The Bertz CT molecular complexity index is 974. The van der Waals surface area contributed by atoms with E-state index in [-0.39, 0.29) is 6.10 Å². The Kier molecular flexibility index (Phi) is 5.11. The second-order valence-electron chi connectivity index (χ2n) is 7.07. The number of sulfone groups is 1. The summed E-state index contributed by atoms with van der Waals surface area (Å²) in [7, 11) is -1.65. The van der Waals surface area contributed by atoms with Crippen LogP contribution in [0.3, 0.4) is 0 Å². The number of anilines is 2. The number of fused-ring (bicyclic) bond motifs is 1. The van der Waals surface area contributed by atoms with E-state index in [4.69, 9.17) is 9.47 Å². The van der Waals surface area contributed by atoms with Gasteiger partial charge in [0.25, 0.3) is 5.88 Å². The zero-order valence-electron chi connectivity index (χ0n) is 16.0. The number of methoxy groups -OCH3 is 1. The standard InChI is InChI=1S/C19H24N4O4S/c1-26-17-18(21-12-22-19(17)27-14-5-8-20-9-6-14)23-10-7-13-11-15(28(2,24)25)3-4-16(13)23/h3-4,11-12,14,20H,5-10H2,1-2H3. The van der Waals surface area contributed by atoms with Crippen LogP contribution in [0.15, 0.2) is 29.4 Å². The number of benzene rings is 1. The molecule has 0 spiro atoms. The van der Waals surface area contributed by atoms with E-state index in [2.05, 4.69) is 15.3 Å². The van der Waals surface area contributed by atoms with Crippen molar-refractivity contribution in [2.75, 3.05) is 37.9 Å². The van der Waals surface area contributed by atoms with Gasteiger partial charge in [-0.05, 0) is 56.1 Å². The van der Waals surface area contributed by atoms with Crippen LogP contribution in [0.1, 0.15) is 18.4 Å². The van der Waals surface area contributed by atoms with Crippen LogP contribution in [-0.4, -0.2) is 57.5 Å². The van der Waals surface area contributed by atoms with Gasteiger partial charge in [-0.3, -0.25) is 0 Å². The lowest BCUT2D eigenvalue weighted by Gasteiger charge is -2.26. The highest BCUT2D eigenvalue weighted by molar-refractivity contribution is 7.90. The zero-order valence-corrected chi connectivity index (χ0v) is 16.8. The van der Waals surface area contributed by atoms with Crippen molar-refractivity contribution in [2.45, 2.75) is 30.3 Å². The van der Waals surface area contributed by atoms with E-state index in [1.54, 1.807) is 19.2 Å². The Morgan fingerprint density at radius 3 is 2.71 bits per heavy atom. The van der Waals surface area contributed by atoms with Crippen LogP contribution in [0, 0.1) is 0 Å². The molecular weight excluding hydrogens is 380 g/mol. The summed E-state index contributed by atoms with van der Waals surface area (Å²) in [5.41, 5.74) is 1.90. The molecule has 1 aromatic heterocycles. The Labute approximate surface area is 164 Å². The van der Waals surface area contributed by atoms with Crippen LogP contribution < -0.4 is 19.7 Å². The van der Waals surface area contributed by atoms with Crippen molar-refractivity contribution in [1.29, 1.82) is 0 Å². The second-order valence-corrected chi connectivity index (χ2v) is 9.08. The number of nitrogens with one attached hydrogen (secondary N) is 1. The zero-order chi connectivity index (χ0) is 19.7. The van der Waals surface area contributed by atoms with E-state index in [0.717, 1.165) is 43.6 Å². The molecule has 0 radical (unpaired) electrons. The topological polar surface area (TPSA) is 93.7 Å². The summed E-state index contributed by atoms with van der Waals surface area (Å²) in [5.74, 6) is 1.58. The van der Waals surface area contributed by atoms with Gasteiger partial charge < -0.3 is 19.7 Å². The highest BCUT2D eigenvalue weighted by atomic mass is 32.2. The van der Waals surface area contributed by atoms with E-state index in [9.17, 15) is 8.42 Å². The van der Waals surface area contributed by atoms with Crippen LogP contribution in [0.2, 0.25) is 0 Å². The molecule has 2 aliphatic rings. The Hall–Kier alpha value is -2.39. The van der Waals surface area contributed by atoms with Gasteiger partial charge in [0.2, 0.25) is 5.75 Å².